The second kappa shape index (κ2) is 8.12. The summed E-state index contributed by atoms with van der Waals surface area (Å²) in [6.07, 6.45) is 0. The summed E-state index contributed by atoms with van der Waals surface area (Å²) in [4.78, 5) is 0.593. The quantitative estimate of drug-likeness (QED) is 0.570. The first kappa shape index (κ1) is 19.4. The van der Waals surface area contributed by atoms with Crippen molar-refractivity contribution in [2.45, 2.75) is 10.5 Å². The molecule has 0 fully saturated rings. The number of hydrogen-bond donors (Lipinski definition) is 1. The van der Waals surface area contributed by atoms with E-state index in [1.165, 1.54) is 0 Å². The van der Waals surface area contributed by atoms with E-state index in [0.29, 0.717) is 31.1 Å². The Balaban J connectivity index is 2.02. The molecule has 134 valence electrons. The van der Waals surface area contributed by atoms with Crippen molar-refractivity contribution in [1.29, 1.82) is 0 Å². The Labute approximate surface area is 169 Å². The molecule has 26 heavy (non-hydrogen) atoms. The first-order valence-corrected chi connectivity index (χ1v) is 10.2. The fraction of sp³-hybridized carbons (Fsp3) is 0.100. The van der Waals surface area contributed by atoms with Gasteiger partial charge in [0.15, 0.2) is 0 Å². The van der Waals surface area contributed by atoms with Crippen LogP contribution >= 0.6 is 34.8 Å². The maximum absolute atomic E-state index is 12.9. The predicted octanol–water partition coefficient (Wildman–Crippen LogP) is 5.69. The van der Waals surface area contributed by atoms with E-state index in [4.69, 9.17) is 34.8 Å². The zero-order chi connectivity index (χ0) is 18.7. The smallest absolute Gasteiger partial charge is 0.126 e. The molecule has 0 saturated heterocycles. The van der Waals surface area contributed by atoms with E-state index in [-0.39, 0.29) is 5.75 Å². The Morgan fingerprint density at radius 2 is 1.04 bits per heavy atom. The first-order valence-electron chi connectivity index (χ1n) is 7.77. The number of benzene rings is 3. The molecule has 6 heteroatoms. The third-order valence-corrected chi connectivity index (χ3v) is 6.29. The van der Waals surface area contributed by atoms with Gasteiger partial charge in [0.25, 0.3) is 0 Å². The molecule has 0 radical (unpaired) electrons. The van der Waals surface area contributed by atoms with Crippen LogP contribution < -0.4 is 0 Å². The molecule has 0 amide bonds. The summed E-state index contributed by atoms with van der Waals surface area (Å²) >= 11 is 17.8. The number of halogens is 3. The van der Waals surface area contributed by atoms with Crippen molar-refractivity contribution in [2.24, 2.45) is 0 Å². The third kappa shape index (κ3) is 4.30. The Kier molecular flexibility index (Phi) is 6.06. The molecule has 0 aliphatic heterocycles. The summed E-state index contributed by atoms with van der Waals surface area (Å²) in [5.74, 6) is -0.0160. The van der Waals surface area contributed by atoms with Gasteiger partial charge in [0, 0.05) is 20.0 Å². The maximum atomic E-state index is 12.9. The van der Waals surface area contributed by atoms with Gasteiger partial charge in [0.1, 0.15) is 5.60 Å². The highest BCUT2D eigenvalue weighted by atomic mass is 35.5. The third-order valence-electron chi connectivity index (χ3n) is 4.06. The molecular formula is C20H15Cl3O2S. The molecule has 1 N–H and O–H groups in total. The fourth-order valence-electron chi connectivity index (χ4n) is 2.64. The first-order chi connectivity index (χ1) is 12.4. The second-order valence-electron chi connectivity index (χ2n) is 5.82. The Bertz CT molecular complexity index is 862. The summed E-state index contributed by atoms with van der Waals surface area (Å²) in [6.45, 7) is 0. The molecule has 3 rings (SSSR count). The van der Waals surface area contributed by atoms with Crippen LogP contribution in [0.2, 0.25) is 15.1 Å². The Hall–Kier alpha value is -1.36. The average molecular weight is 426 g/mol. The number of rotatable bonds is 5. The van der Waals surface area contributed by atoms with E-state index in [0.717, 1.165) is 0 Å². The highest BCUT2D eigenvalue weighted by Crippen LogP contribution is 2.33. The fourth-order valence-corrected chi connectivity index (χ4v) is 4.34. The molecule has 2 nitrogen and oxygen atoms in total. The van der Waals surface area contributed by atoms with Crippen LogP contribution in [0, 0.1) is 0 Å². The molecule has 1 atom stereocenters. The van der Waals surface area contributed by atoms with Crippen molar-refractivity contribution in [3.8, 4) is 0 Å². The van der Waals surface area contributed by atoms with E-state index in [9.17, 15) is 9.32 Å². The minimum absolute atomic E-state index is 0.0160. The summed E-state index contributed by atoms with van der Waals surface area (Å²) in [6, 6.07) is 20.5. The largest absolute Gasteiger partial charge is 0.379 e. The lowest BCUT2D eigenvalue weighted by atomic mass is 9.88. The molecule has 3 aromatic rings. The van der Waals surface area contributed by atoms with Crippen LogP contribution in [0.1, 0.15) is 11.1 Å². The zero-order valence-electron chi connectivity index (χ0n) is 13.5. The summed E-state index contributed by atoms with van der Waals surface area (Å²) in [5, 5.41) is 13.2. The van der Waals surface area contributed by atoms with Crippen LogP contribution in [0.3, 0.4) is 0 Å². The normalized spacial score (nSPS) is 12.8. The summed E-state index contributed by atoms with van der Waals surface area (Å²) in [7, 11) is -1.45. The van der Waals surface area contributed by atoms with Crippen LogP contribution in [0.5, 0.6) is 0 Å². The van der Waals surface area contributed by atoms with Crippen molar-refractivity contribution in [1.82, 2.24) is 0 Å². The molecule has 0 spiro atoms. The van der Waals surface area contributed by atoms with Crippen LogP contribution in [-0.2, 0) is 16.4 Å². The van der Waals surface area contributed by atoms with Gasteiger partial charge in [0.05, 0.1) is 16.6 Å². The monoisotopic (exact) mass is 424 g/mol. The lowest BCUT2D eigenvalue weighted by Gasteiger charge is -2.29. The van der Waals surface area contributed by atoms with Gasteiger partial charge in [-0.2, -0.15) is 0 Å². The standard InChI is InChI=1S/C20H15Cl3O2S/c21-16-5-1-14(2-6-16)20(24,15-3-7-17(22)8-4-15)13-26(25)19-11-9-18(23)10-12-19/h1-12,24H,13H2/t26-/m1/s1. The van der Waals surface area contributed by atoms with Crippen molar-refractivity contribution in [3.05, 3.63) is 99.0 Å². The van der Waals surface area contributed by atoms with Crippen molar-refractivity contribution in [2.75, 3.05) is 5.75 Å². The highest BCUT2D eigenvalue weighted by Gasteiger charge is 2.34. The van der Waals surface area contributed by atoms with Crippen LogP contribution in [0.4, 0.5) is 0 Å². The molecule has 0 saturated carbocycles. The summed E-state index contributed by atoms with van der Waals surface area (Å²) < 4.78 is 12.9. The molecular weight excluding hydrogens is 411 g/mol. The molecule has 0 bridgehead atoms. The second-order valence-corrected chi connectivity index (χ2v) is 8.58. The molecule has 0 aromatic heterocycles. The lowest BCUT2D eigenvalue weighted by Crippen LogP contribution is -2.33. The van der Waals surface area contributed by atoms with Crippen LogP contribution in [-0.4, -0.2) is 15.1 Å². The number of hydrogen-bond acceptors (Lipinski definition) is 2. The van der Waals surface area contributed by atoms with Gasteiger partial charge in [-0.15, -0.1) is 0 Å². The van der Waals surface area contributed by atoms with Gasteiger partial charge in [-0.3, -0.25) is 4.21 Å². The minimum Gasteiger partial charge on any atom is -0.379 e. The van der Waals surface area contributed by atoms with Crippen molar-refractivity contribution < 1.29 is 9.32 Å². The van der Waals surface area contributed by atoms with Gasteiger partial charge >= 0.3 is 0 Å². The topological polar surface area (TPSA) is 37.3 Å². The maximum Gasteiger partial charge on any atom is 0.126 e. The highest BCUT2D eigenvalue weighted by molar-refractivity contribution is 7.85. The number of aliphatic hydroxyl groups is 1. The molecule has 0 aliphatic rings. The molecule has 0 heterocycles. The lowest BCUT2D eigenvalue weighted by molar-refractivity contribution is 0.106. The van der Waals surface area contributed by atoms with E-state index >= 15 is 0 Å². The van der Waals surface area contributed by atoms with Gasteiger partial charge < -0.3 is 5.11 Å². The van der Waals surface area contributed by atoms with E-state index in [1.54, 1.807) is 72.8 Å². The average Bonchev–Trinajstić information content (AvgIpc) is 2.63. The minimum atomic E-state index is -1.46. The van der Waals surface area contributed by atoms with Gasteiger partial charge in [-0.25, -0.2) is 0 Å². The van der Waals surface area contributed by atoms with E-state index in [1.807, 2.05) is 0 Å². The van der Waals surface area contributed by atoms with Crippen LogP contribution in [0.25, 0.3) is 0 Å². The molecule has 0 aliphatic carbocycles. The van der Waals surface area contributed by atoms with Crippen molar-refractivity contribution >= 4 is 45.6 Å². The van der Waals surface area contributed by atoms with Gasteiger partial charge in [-0.1, -0.05) is 59.1 Å². The zero-order valence-corrected chi connectivity index (χ0v) is 16.6. The Morgan fingerprint density at radius 1 is 0.692 bits per heavy atom. The van der Waals surface area contributed by atoms with Crippen molar-refractivity contribution in [3.63, 3.8) is 0 Å². The Morgan fingerprint density at radius 3 is 1.42 bits per heavy atom. The van der Waals surface area contributed by atoms with Gasteiger partial charge in [0.2, 0.25) is 0 Å². The van der Waals surface area contributed by atoms with Gasteiger partial charge in [-0.05, 0) is 59.7 Å². The van der Waals surface area contributed by atoms with Crippen LogP contribution in [0.15, 0.2) is 77.7 Å². The molecule has 0 unspecified atom stereocenters. The SMILES string of the molecule is O=[S@](CC(O)(c1ccc(Cl)cc1)c1ccc(Cl)cc1)c1ccc(Cl)cc1. The molecule has 3 aromatic carbocycles. The van der Waals surface area contributed by atoms with E-state index in [2.05, 4.69) is 0 Å². The predicted molar refractivity (Wildman–Crippen MR) is 109 cm³/mol. The summed E-state index contributed by atoms with van der Waals surface area (Å²) in [5.41, 5.74) is -0.252. The van der Waals surface area contributed by atoms with E-state index < -0.39 is 16.4 Å².